The van der Waals surface area contributed by atoms with Crippen LogP contribution in [0.15, 0.2) is 22.9 Å². The molecule has 0 fully saturated rings. The Bertz CT molecular complexity index is 493. The average Bonchev–Trinajstić information content (AvgIpc) is 2.98. The van der Waals surface area contributed by atoms with Gasteiger partial charge in [-0.3, -0.25) is 4.79 Å². The lowest BCUT2D eigenvalue weighted by molar-refractivity contribution is -0.116. The molecule has 0 radical (unpaired) electrons. The van der Waals surface area contributed by atoms with Crippen molar-refractivity contribution in [3.63, 3.8) is 0 Å². The SMILES string of the molecule is CSCCCC(=O)Nc1nc(-c2cccs2)cs1. The molecule has 0 saturated heterocycles. The molecular weight excluding hydrogens is 284 g/mol. The molecule has 6 heteroatoms. The number of anilines is 1. The number of aromatic nitrogens is 1. The molecule has 1 N–H and O–H groups in total. The lowest BCUT2D eigenvalue weighted by atomic mass is 10.3. The minimum absolute atomic E-state index is 0.0520. The molecular formula is C12H14N2OS3. The minimum Gasteiger partial charge on any atom is -0.302 e. The van der Waals surface area contributed by atoms with E-state index in [9.17, 15) is 4.79 Å². The zero-order valence-electron chi connectivity index (χ0n) is 10.0. The first-order valence-corrected chi connectivity index (χ1v) is 8.73. The number of nitrogens with zero attached hydrogens (tertiary/aromatic N) is 1. The summed E-state index contributed by atoms with van der Waals surface area (Å²) in [6.07, 6.45) is 3.52. The smallest absolute Gasteiger partial charge is 0.226 e. The second kappa shape index (κ2) is 6.92. The van der Waals surface area contributed by atoms with Gasteiger partial charge in [0.25, 0.3) is 0 Å². The van der Waals surface area contributed by atoms with Crippen LogP contribution in [0.1, 0.15) is 12.8 Å². The van der Waals surface area contributed by atoms with Crippen molar-refractivity contribution in [1.29, 1.82) is 0 Å². The third-order valence-corrected chi connectivity index (χ3v) is 4.62. The van der Waals surface area contributed by atoms with E-state index in [1.54, 1.807) is 23.1 Å². The fraction of sp³-hybridized carbons (Fsp3) is 0.333. The molecule has 2 aromatic rings. The fourth-order valence-electron chi connectivity index (χ4n) is 1.43. The minimum atomic E-state index is 0.0520. The van der Waals surface area contributed by atoms with E-state index in [-0.39, 0.29) is 5.91 Å². The lowest BCUT2D eigenvalue weighted by Gasteiger charge is -2.00. The van der Waals surface area contributed by atoms with Crippen LogP contribution in [0.3, 0.4) is 0 Å². The lowest BCUT2D eigenvalue weighted by Crippen LogP contribution is -2.11. The molecule has 0 aromatic carbocycles. The number of thiazole rings is 1. The first-order chi connectivity index (χ1) is 8.79. The quantitative estimate of drug-likeness (QED) is 0.821. The van der Waals surface area contributed by atoms with Gasteiger partial charge in [-0.15, -0.1) is 22.7 Å². The van der Waals surface area contributed by atoms with Crippen molar-refractivity contribution >= 4 is 45.5 Å². The van der Waals surface area contributed by atoms with Crippen molar-refractivity contribution in [2.75, 3.05) is 17.3 Å². The molecule has 1 amide bonds. The van der Waals surface area contributed by atoms with Gasteiger partial charge in [0, 0.05) is 11.8 Å². The first-order valence-electron chi connectivity index (χ1n) is 5.58. The number of hydrogen-bond acceptors (Lipinski definition) is 5. The van der Waals surface area contributed by atoms with Crippen LogP contribution in [0.4, 0.5) is 5.13 Å². The maximum absolute atomic E-state index is 11.6. The molecule has 2 aromatic heterocycles. The van der Waals surface area contributed by atoms with E-state index in [1.165, 1.54) is 11.3 Å². The summed E-state index contributed by atoms with van der Waals surface area (Å²) in [5.74, 6) is 1.07. The van der Waals surface area contributed by atoms with Crippen molar-refractivity contribution in [2.24, 2.45) is 0 Å². The predicted octanol–water partition coefficient (Wildman–Crippen LogP) is 3.95. The molecule has 18 heavy (non-hydrogen) atoms. The van der Waals surface area contributed by atoms with Crippen molar-refractivity contribution in [1.82, 2.24) is 4.98 Å². The van der Waals surface area contributed by atoms with E-state index in [2.05, 4.69) is 10.3 Å². The highest BCUT2D eigenvalue weighted by Gasteiger charge is 2.08. The summed E-state index contributed by atoms with van der Waals surface area (Å²) in [5, 5.41) is 7.53. The van der Waals surface area contributed by atoms with Crippen molar-refractivity contribution in [3.8, 4) is 10.6 Å². The predicted molar refractivity (Wildman–Crippen MR) is 81.7 cm³/mol. The van der Waals surface area contributed by atoms with E-state index in [4.69, 9.17) is 0 Å². The van der Waals surface area contributed by atoms with Crippen molar-refractivity contribution < 1.29 is 4.79 Å². The Labute approximate surface area is 119 Å². The largest absolute Gasteiger partial charge is 0.302 e. The summed E-state index contributed by atoms with van der Waals surface area (Å²) >= 11 is 4.89. The van der Waals surface area contributed by atoms with Gasteiger partial charge in [0.05, 0.1) is 10.6 Å². The summed E-state index contributed by atoms with van der Waals surface area (Å²) in [6.45, 7) is 0. The maximum atomic E-state index is 11.6. The molecule has 0 unspecified atom stereocenters. The molecule has 2 heterocycles. The molecule has 0 atom stereocenters. The topological polar surface area (TPSA) is 42.0 Å². The van der Waals surface area contributed by atoms with E-state index < -0.39 is 0 Å². The van der Waals surface area contributed by atoms with Gasteiger partial charge in [0.2, 0.25) is 5.91 Å². The molecule has 0 spiro atoms. The second-order valence-electron chi connectivity index (χ2n) is 3.66. The highest BCUT2D eigenvalue weighted by atomic mass is 32.2. The van der Waals surface area contributed by atoms with Crippen LogP contribution in [0.5, 0.6) is 0 Å². The number of thiophene rings is 1. The Balaban J connectivity index is 1.89. The molecule has 0 aliphatic heterocycles. The second-order valence-corrected chi connectivity index (χ2v) is 6.45. The van der Waals surface area contributed by atoms with Crippen LogP contribution in [-0.4, -0.2) is 22.9 Å². The summed E-state index contributed by atoms with van der Waals surface area (Å²) in [4.78, 5) is 17.2. The summed E-state index contributed by atoms with van der Waals surface area (Å²) in [6, 6.07) is 4.03. The number of carbonyl (C=O) groups excluding carboxylic acids is 1. The highest BCUT2D eigenvalue weighted by molar-refractivity contribution is 7.98. The molecule has 0 saturated carbocycles. The Hall–Kier alpha value is -0.850. The molecule has 2 rings (SSSR count). The summed E-state index contributed by atoms with van der Waals surface area (Å²) < 4.78 is 0. The van der Waals surface area contributed by atoms with Gasteiger partial charge in [0.1, 0.15) is 0 Å². The van der Waals surface area contributed by atoms with E-state index in [0.29, 0.717) is 11.6 Å². The van der Waals surface area contributed by atoms with Gasteiger partial charge >= 0.3 is 0 Å². The Morgan fingerprint density at radius 1 is 1.50 bits per heavy atom. The third kappa shape index (κ3) is 3.83. The van der Waals surface area contributed by atoms with Crippen LogP contribution in [0.25, 0.3) is 10.6 Å². The third-order valence-electron chi connectivity index (χ3n) is 2.28. The number of carbonyl (C=O) groups is 1. The number of amides is 1. The highest BCUT2D eigenvalue weighted by Crippen LogP contribution is 2.28. The van der Waals surface area contributed by atoms with E-state index in [1.807, 2.05) is 29.1 Å². The zero-order chi connectivity index (χ0) is 12.8. The van der Waals surface area contributed by atoms with Crippen LogP contribution in [0, 0.1) is 0 Å². The number of thioether (sulfide) groups is 1. The summed E-state index contributed by atoms with van der Waals surface area (Å²) in [7, 11) is 0. The van der Waals surface area contributed by atoms with Crippen LogP contribution in [0.2, 0.25) is 0 Å². The van der Waals surface area contributed by atoms with Crippen molar-refractivity contribution in [3.05, 3.63) is 22.9 Å². The molecule has 0 bridgehead atoms. The van der Waals surface area contributed by atoms with Gasteiger partial charge in [0.15, 0.2) is 5.13 Å². The van der Waals surface area contributed by atoms with Gasteiger partial charge in [-0.25, -0.2) is 4.98 Å². The van der Waals surface area contributed by atoms with Crippen LogP contribution in [-0.2, 0) is 4.79 Å². The summed E-state index contributed by atoms with van der Waals surface area (Å²) in [5.41, 5.74) is 0.939. The molecule has 96 valence electrons. The van der Waals surface area contributed by atoms with E-state index in [0.717, 1.165) is 22.7 Å². The van der Waals surface area contributed by atoms with Crippen LogP contribution >= 0.6 is 34.4 Å². The molecule has 0 aliphatic rings. The normalized spacial score (nSPS) is 10.5. The first kappa shape index (κ1) is 13.6. The van der Waals surface area contributed by atoms with Gasteiger partial charge in [-0.05, 0) is 29.9 Å². The Morgan fingerprint density at radius 2 is 2.39 bits per heavy atom. The average molecular weight is 298 g/mol. The monoisotopic (exact) mass is 298 g/mol. The standard InChI is InChI=1S/C12H14N2OS3/c1-16-6-3-5-11(15)14-12-13-9(8-18-12)10-4-2-7-17-10/h2,4,7-8H,3,5-6H2,1H3,(H,13,14,15). The van der Waals surface area contributed by atoms with E-state index >= 15 is 0 Å². The maximum Gasteiger partial charge on any atom is 0.226 e. The number of nitrogens with one attached hydrogen (secondary N) is 1. The molecule has 3 nitrogen and oxygen atoms in total. The van der Waals surface area contributed by atoms with Gasteiger partial charge < -0.3 is 5.32 Å². The molecule has 0 aliphatic carbocycles. The Kier molecular flexibility index (Phi) is 5.22. The fourth-order valence-corrected chi connectivity index (χ4v) is 3.35. The van der Waals surface area contributed by atoms with Crippen LogP contribution < -0.4 is 5.32 Å². The van der Waals surface area contributed by atoms with Gasteiger partial charge in [-0.1, -0.05) is 6.07 Å². The number of rotatable bonds is 6. The van der Waals surface area contributed by atoms with Gasteiger partial charge in [-0.2, -0.15) is 11.8 Å². The zero-order valence-corrected chi connectivity index (χ0v) is 12.5. The van der Waals surface area contributed by atoms with Crippen molar-refractivity contribution in [2.45, 2.75) is 12.8 Å². The Morgan fingerprint density at radius 3 is 3.11 bits per heavy atom. The number of hydrogen-bond donors (Lipinski definition) is 1.